The van der Waals surface area contributed by atoms with Crippen LogP contribution < -0.4 is 10.6 Å². The summed E-state index contributed by atoms with van der Waals surface area (Å²) in [6, 6.07) is 14.1. The minimum atomic E-state index is -0.870. The van der Waals surface area contributed by atoms with Crippen molar-refractivity contribution in [2.24, 2.45) is 0 Å². The van der Waals surface area contributed by atoms with Crippen LogP contribution in [0, 0.1) is 0 Å². The summed E-state index contributed by atoms with van der Waals surface area (Å²) in [5.41, 5.74) is 0.335. The molecule has 2 aromatic rings. The third-order valence-corrected chi connectivity index (χ3v) is 6.39. The monoisotopic (exact) mass is 415 g/mol. The number of carbonyl (C=O) groups excluding carboxylic acids is 2. The smallest absolute Gasteiger partial charge is 0.327 e. The van der Waals surface area contributed by atoms with Gasteiger partial charge in [-0.15, -0.1) is 11.3 Å². The number of nitrogens with one attached hydrogen (secondary N) is 2. The van der Waals surface area contributed by atoms with E-state index in [1.807, 2.05) is 42.6 Å². The minimum Gasteiger partial charge on any atom is -0.468 e. The maximum Gasteiger partial charge on any atom is 0.327 e. The van der Waals surface area contributed by atoms with Gasteiger partial charge in [-0.3, -0.25) is 19.8 Å². The molecule has 0 aliphatic carbocycles. The van der Waals surface area contributed by atoms with Crippen LogP contribution in [0.5, 0.6) is 0 Å². The van der Waals surface area contributed by atoms with Crippen LogP contribution in [0.15, 0.2) is 47.8 Å². The van der Waals surface area contributed by atoms with Crippen molar-refractivity contribution in [2.75, 3.05) is 26.7 Å². The van der Waals surface area contributed by atoms with Crippen LogP contribution in [0.25, 0.3) is 0 Å². The van der Waals surface area contributed by atoms with Gasteiger partial charge >= 0.3 is 5.97 Å². The molecule has 6 nitrogen and oxygen atoms in total. The van der Waals surface area contributed by atoms with Gasteiger partial charge in [-0.1, -0.05) is 36.4 Å². The van der Waals surface area contributed by atoms with Gasteiger partial charge in [0.2, 0.25) is 5.91 Å². The Bertz CT molecular complexity index is 797. The van der Waals surface area contributed by atoms with Gasteiger partial charge in [-0.05, 0) is 43.3 Å². The predicted octanol–water partition coefficient (Wildman–Crippen LogP) is 2.72. The molecule has 2 heterocycles. The van der Waals surface area contributed by atoms with Gasteiger partial charge in [0.15, 0.2) is 0 Å². The zero-order valence-electron chi connectivity index (χ0n) is 17.0. The summed E-state index contributed by atoms with van der Waals surface area (Å²) in [4.78, 5) is 28.5. The van der Waals surface area contributed by atoms with Crippen LogP contribution in [0.3, 0.4) is 0 Å². The number of rotatable bonds is 8. The van der Waals surface area contributed by atoms with Gasteiger partial charge in [0, 0.05) is 18.0 Å². The number of methoxy groups -OCH3 is 1. The van der Waals surface area contributed by atoms with Crippen molar-refractivity contribution in [1.82, 2.24) is 15.5 Å². The van der Waals surface area contributed by atoms with Crippen molar-refractivity contribution in [1.29, 1.82) is 0 Å². The zero-order chi connectivity index (χ0) is 20.7. The molecular weight excluding hydrogens is 386 g/mol. The number of carbonyl (C=O) groups is 2. The molecule has 2 N–H and O–H groups in total. The average Bonchev–Trinajstić information content (AvgIpc) is 3.28. The van der Waals surface area contributed by atoms with Crippen LogP contribution in [0.2, 0.25) is 0 Å². The summed E-state index contributed by atoms with van der Waals surface area (Å²) in [6.07, 6.45) is 1.51. The molecule has 3 rings (SSSR count). The van der Waals surface area contributed by atoms with E-state index in [4.69, 9.17) is 4.74 Å². The van der Waals surface area contributed by atoms with E-state index >= 15 is 0 Å². The molecule has 1 saturated heterocycles. The van der Waals surface area contributed by atoms with E-state index in [2.05, 4.69) is 27.7 Å². The molecule has 7 heteroatoms. The Morgan fingerprint density at radius 3 is 2.72 bits per heavy atom. The Morgan fingerprint density at radius 2 is 2.03 bits per heavy atom. The Balaban J connectivity index is 1.61. The van der Waals surface area contributed by atoms with E-state index in [9.17, 15) is 9.59 Å². The number of esters is 1. The second-order valence-corrected chi connectivity index (χ2v) is 8.51. The molecule has 1 aromatic heterocycles. The first-order valence-electron chi connectivity index (χ1n) is 9.95. The molecule has 1 fully saturated rings. The first kappa shape index (κ1) is 21.5. The molecule has 0 bridgehead atoms. The van der Waals surface area contributed by atoms with E-state index in [-0.39, 0.29) is 24.5 Å². The lowest BCUT2D eigenvalue weighted by Gasteiger charge is -2.41. The summed E-state index contributed by atoms with van der Waals surface area (Å²) in [6.45, 7) is 4.23. The molecule has 0 radical (unpaired) electrons. The van der Waals surface area contributed by atoms with Crippen molar-refractivity contribution >= 4 is 23.2 Å². The van der Waals surface area contributed by atoms with Gasteiger partial charge in [-0.25, -0.2) is 0 Å². The number of ether oxygens (including phenoxy) is 1. The number of thiophene rings is 1. The molecule has 2 atom stereocenters. The van der Waals surface area contributed by atoms with E-state index in [0.717, 1.165) is 24.4 Å². The number of hydrogen-bond acceptors (Lipinski definition) is 6. The molecular formula is C22H29N3O3S. The van der Waals surface area contributed by atoms with Gasteiger partial charge in [-0.2, -0.15) is 0 Å². The Kier molecular flexibility index (Phi) is 7.41. The van der Waals surface area contributed by atoms with Crippen molar-refractivity contribution in [3.63, 3.8) is 0 Å². The van der Waals surface area contributed by atoms with Crippen molar-refractivity contribution in [2.45, 2.75) is 37.9 Å². The van der Waals surface area contributed by atoms with E-state index < -0.39 is 5.54 Å². The molecule has 0 saturated carbocycles. The van der Waals surface area contributed by atoms with E-state index in [1.165, 1.54) is 12.7 Å². The lowest BCUT2D eigenvalue weighted by atomic mass is 9.88. The highest BCUT2D eigenvalue weighted by molar-refractivity contribution is 7.10. The van der Waals surface area contributed by atoms with Gasteiger partial charge in [0.1, 0.15) is 5.54 Å². The summed E-state index contributed by atoms with van der Waals surface area (Å²) >= 11 is 1.61. The Hall–Kier alpha value is -2.22. The first-order valence-corrected chi connectivity index (χ1v) is 10.8. The third kappa shape index (κ3) is 5.65. The van der Waals surface area contributed by atoms with Gasteiger partial charge in [0.25, 0.3) is 0 Å². The fourth-order valence-electron chi connectivity index (χ4n) is 3.85. The maximum absolute atomic E-state index is 12.7. The largest absolute Gasteiger partial charge is 0.468 e. The topological polar surface area (TPSA) is 70.7 Å². The fraction of sp³-hybridized carbons (Fsp3) is 0.455. The Labute approximate surface area is 176 Å². The highest BCUT2D eigenvalue weighted by Gasteiger charge is 2.43. The number of likely N-dealkylation sites (tertiary alicyclic amines) is 1. The lowest BCUT2D eigenvalue weighted by molar-refractivity contribution is -0.151. The first-order chi connectivity index (χ1) is 14.0. The van der Waals surface area contributed by atoms with Crippen LogP contribution >= 0.6 is 11.3 Å². The van der Waals surface area contributed by atoms with Crippen molar-refractivity contribution in [3.8, 4) is 0 Å². The maximum atomic E-state index is 12.7. The summed E-state index contributed by atoms with van der Waals surface area (Å²) < 4.78 is 5.11. The third-order valence-electron chi connectivity index (χ3n) is 5.33. The van der Waals surface area contributed by atoms with Crippen molar-refractivity contribution in [3.05, 3.63) is 58.3 Å². The highest BCUT2D eigenvalue weighted by Crippen LogP contribution is 2.24. The minimum absolute atomic E-state index is 0.0562. The van der Waals surface area contributed by atoms with Crippen molar-refractivity contribution < 1.29 is 14.3 Å². The fourth-order valence-corrected chi connectivity index (χ4v) is 4.58. The lowest BCUT2D eigenvalue weighted by Crippen LogP contribution is -2.63. The van der Waals surface area contributed by atoms with Crippen LogP contribution in [0.1, 0.15) is 36.2 Å². The molecule has 1 aliphatic heterocycles. The number of benzene rings is 1. The standard InChI is InChI=1S/C22H29N3O3S/c1-17(19-10-6-13-29-19)24-20(26)14-23-22(21(27)28-2)11-7-12-25(16-22)15-18-8-4-3-5-9-18/h3-6,8-10,13,17,23H,7,11-12,14-16H2,1-2H3,(H,24,26)/t17-,22+/m1/s1. The molecule has 1 amide bonds. The summed E-state index contributed by atoms with van der Waals surface area (Å²) in [7, 11) is 1.40. The number of piperidine rings is 1. The normalized spacial score (nSPS) is 20.8. The quantitative estimate of drug-likeness (QED) is 0.649. The van der Waals surface area contributed by atoms with Gasteiger partial charge in [0.05, 0.1) is 19.7 Å². The van der Waals surface area contributed by atoms with Crippen LogP contribution in [0.4, 0.5) is 0 Å². The zero-order valence-corrected chi connectivity index (χ0v) is 17.8. The summed E-state index contributed by atoms with van der Waals surface area (Å²) in [5.74, 6) is -0.441. The van der Waals surface area contributed by atoms with Gasteiger partial charge < -0.3 is 10.1 Å². The molecule has 1 aliphatic rings. The molecule has 29 heavy (non-hydrogen) atoms. The average molecular weight is 416 g/mol. The second kappa shape index (κ2) is 10.0. The predicted molar refractivity (Wildman–Crippen MR) is 115 cm³/mol. The van der Waals surface area contributed by atoms with Crippen LogP contribution in [-0.4, -0.2) is 49.1 Å². The highest BCUT2D eigenvalue weighted by atomic mass is 32.1. The number of amides is 1. The van der Waals surface area contributed by atoms with E-state index in [0.29, 0.717) is 13.0 Å². The molecule has 0 unspecified atom stereocenters. The van der Waals surface area contributed by atoms with Crippen LogP contribution in [-0.2, 0) is 20.9 Å². The summed E-state index contributed by atoms with van der Waals surface area (Å²) in [5, 5.41) is 8.21. The molecule has 0 spiro atoms. The number of nitrogens with zero attached hydrogens (tertiary/aromatic N) is 1. The SMILES string of the molecule is COC(=O)[C@]1(NCC(=O)N[C@H](C)c2cccs2)CCCN(Cc2ccccc2)C1. The molecule has 1 aromatic carbocycles. The number of hydrogen-bond donors (Lipinski definition) is 2. The Morgan fingerprint density at radius 1 is 1.24 bits per heavy atom. The van der Waals surface area contributed by atoms with E-state index in [1.54, 1.807) is 11.3 Å². The molecule has 156 valence electrons. The second-order valence-electron chi connectivity index (χ2n) is 7.53.